The van der Waals surface area contributed by atoms with Crippen LogP contribution in [0.4, 0.5) is 11.4 Å². The first-order valence-electron chi connectivity index (χ1n) is 6.62. The predicted molar refractivity (Wildman–Crippen MR) is 76.9 cm³/mol. The Morgan fingerprint density at radius 3 is 2.75 bits per heavy atom. The van der Waals surface area contributed by atoms with Crippen LogP contribution in [0.1, 0.15) is 33.3 Å². The molecule has 0 spiro atoms. The number of anilines is 2. The van der Waals surface area contributed by atoms with Crippen LogP contribution in [0.2, 0.25) is 0 Å². The number of aromatic nitrogens is 1. The van der Waals surface area contributed by atoms with Crippen LogP contribution in [0.5, 0.6) is 0 Å². The second-order valence-electron chi connectivity index (χ2n) is 5.19. The van der Waals surface area contributed by atoms with E-state index in [0.29, 0.717) is 29.6 Å². The Hall–Kier alpha value is -2.30. The molecule has 0 saturated heterocycles. The maximum atomic E-state index is 12.6. The zero-order valence-corrected chi connectivity index (χ0v) is 11.9. The van der Waals surface area contributed by atoms with Crippen molar-refractivity contribution < 1.29 is 9.21 Å². The summed E-state index contributed by atoms with van der Waals surface area (Å²) in [6, 6.07) is 3.92. The maximum Gasteiger partial charge on any atom is 0.296 e. The Labute approximate surface area is 117 Å². The van der Waals surface area contributed by atoms with Crippen LogP contribution in [0.25, 0.3) is 0 Å². The van der Waals surface area contributed by atoms with Crippen molar-refractivity contribution in [1.29, 1.82) is 0 Å². The largest absolute Gasteiger partial charge is 0.436 e. The third kappa shape index (κ3) is 1.86. The lowest BCUT2D eigenvalue weighted by Crippen LogP contribution is -2.29. The van der Waals surface area contributed by atoms with E-state index >= 15 is 0 Å². The van der Waals surface area contributed by atoms with E-state index < -0.39 is 0 Å². The molecule has 1 aromatic carbocycles. The van der Waals surface area contributed by atoms with E-state index in [0.717, 1.165) is 23.2 Å². The van der Waals surface area contributed by atoms with Crippen LogP contribution >= 0.6 is 0 Å². The average Bonchev–Trinajstić information content (AvgIpc) is 2.93. The molecule has 20 heavy (non-hydrogen) atoms. The smallest absolute Gasteiger partial charge is 0.296 e. The summed E-state index contributed by atoms with van der Waals surface area (Å²) in [5.74, 6) is 0.674. The Bertz CT molecular complexity index is 703. The number of hydrogen-bond donors (Lipinski definition) is 1. The van der Waals surface area contributed by atoms with Crippen LogP contribution in [0, 0.1) is 20.8 Å². The first kappa shape index (κ1) is 12.7. The molecule has 1 aliphatic rings. The molecule has 2 N–H and O–H groups in total. The minimum absolute atomic E-state index is 0.148. The van der Waals surface area contributed by atoms with Gasteiger partial charge in [-0.3, -0.25) is 4.79 Å². The second kappa shape index (κ2) is 4.37. The molecule has 2 heterocycles. The van der Waals surface area contributed by atoms with E-state index in [4.69, 9.17) is 10.2 Å². The van der Waals surface area contributed by atoms with Crippen LogP contribution in [0.15, 0.2) is 16.5 Å². The first-order valence-corrected chi connectivity index (χ1v) is 6.62. The topological polar surface area (TPSA) is 72.4 Å². The summed E-state index contributed by atoms with van der Waals surface area (Å²) in [5, 5.41) is 0. The zero-order valence-electron chi connectivity index (χ0n) is 11.9. The lowest BCUT2D eigenvalue weighted by atomic mass is 10.1. The van der Waals surface area contributed by atoms with Crippen molar-refractivity contribution >= 4 is 17.3 Å². The van der Waals surface area contributed by atoms with Gasteiger partial charge in [0.2, 0.25) is 5.76 Å². The third-order valence-electron chi connectivity index (χ3n) is 3.71. The summed E-state index contributed by atoms with van der Waals surface area (Å²) in [5.41, 5.74) is 10.4. The minimum atomic E-state index is -0.148. The second-order valence-corrected chi connectivity index (χ2v) is 5.19. The number of oxazole rings is 1. The number of aryl methyl sites for hydroxylation is 3. The van der Waals surface area contributed by atoms with Crippen molar-refractivity contribution in [3.05, 3.63) is 40.6 Å². The van der Waals surface area contributed by atoms with Gasteiger partial charge in [-0.15, -0.1) is 0 Å². The molecule has 0 radical (unpaired) electrons. The minimum Gasteiger partial charge on any atom is -0.436 e. The summed E-state index contributed by atoms with van der Waals surface area (Å²) in [6.45, 7) is 6.15. The number of benzene rings is 1. The fourth-order valence-electron chi connectivity index (χ4n) is 2.64. The number of rotatable bonds is 1. The van der Waals surface area contributed by atoms with Gasteiger partial charge in [0.05, 0.1) is 5.69 Å². The summed E-state index contributed by atoms with van der Waals surface area (Å²) >= 11 is 0. The van der Waals surface area contributed by atoms with Crippen LogP contribution in [-0.4, -0.2) is 17.4 Å². The number of fused-ring (bicyclic) bond motifs is 1. The van der Waals surface area contributed by atoms with E-state index in [1.165, 1.54) is 0 Å². The quantitative estimate of drug-likeness (QED) is 0.808. The lowest BCUT2D eigenvalue weighted by molar-refractivity contribution is 0.0960. The number of amides is 1. The highest BCUT2D eigenvalue weighted by molar-refractivity contribution is 6.06. The molecule has 1 aromatic heterocycles. The van der Waals surface area contributed by atoms with Crippen LogP contribution in [0.3, 0.4) is 0 Å². The summed E-state index contributed by atoms with van der Waals surface area (Å²) in [7, 11) is 0. The summed E-state index contributed by atoms with van der Waals surface area (Å²) in [4.78, 5) is 18.5. The molecule has 0 unspecified atom stereocenters. The first-order chi connectivity index (χ1) is 9.47. The van der Waals surface area contributed by atoms with Gasteiger partial charge >= 0.3 is 0 Å². The number of carbonyl (C=O) groups is 1. The summed E-state index contributed by atoms with van der Waals surface area (Å²) < 4.78 is 5.42. The van der Waals surface area contributed by atoms with Crippen molar-refractivity contribution in [3.63, 3.8) is 0 Å². The van der Waals surface area contributed by atoms with Gasteiger partial charge in [0.25, 0.3) is 5.91 Å². The van der Waals surface area contributed by atoms with Crippen LogP contribution in [-0.2, 0) is 6.42 Å². The van der Waals surface area contributed by atoms with Gasteiger partial charge in [-0.25, -0.2) is 4.98 Å². The third-order valence-corrected chi connectivity index (χ3v) is 3.71. The lowest BCUT2D eigenvalue weighted by Gasteiger charge is -2.17. The van der Waals surface area contributed by atoms with Crippen molar-refractivity contribution in [3.8, 4) is 0 Å². The molecular weight excluding hydrogens is 254 g/mol. The Balaban J connectivity index is 2.01. The highest BCUT2D eigenvalue weighted by Gasteiger charge is 2.29. The van der Waals surface area contributed by atoms with Crippen molar-refractivity contribution in [2.45, 2.75) is 27.2 Å². The molecule has 0 aliphatic carbocycles. The van der Waals surface area contributed by atoms with E-state index in [2.05, 4.69) is 11.1 Å². The SMILES string of the molecule is Cc1nc(C)c(C(=O)N2CCc3cc(C)c(N)cc32)o1. The molecule has 3 rings (SSSR count). The normalized spacial score (nSPS) is 13.7. The number of carbonyl (C=O) groups excluding carboxylic acids is 1. The van der Waals surface area contributed by atoms with Gasteiger partial charge < -0.3 is 15.1 Å². The van der Waals surface area contributed by atoms with Crippen molar-refractivity contribution in [2.24, 2.45) is 0 Å². The monoisotopic (exact) mass is 271 g/mol. The van der Waals surface area contributed by atoms with Gasteiger partial charge in [0.1, 0.15) is 0 Å². The number of hydrogen-bond acceptors (Lipinski definition) is 4. The average molecular weight is 271 g/mol. The molecular formula is C15H17N3O2. The van der Waals surface area contributed by atoms with Crippen molar-refractivity contribution in [1.82, 2.24) is 4.98 Å². The van der Waals surface area contributed by atoms with Crippen LogP contribution < -0.4 is 10.6 Å². The van der Waals surface area contributed by atoms with Gasteiger partial charge in [0.15, 0.2) is 5.89 Å². The van der Waals surface area contributed by atoms with Gasteiger partial charge in [0, 0.05) is 24.8 Å². The molecule has 0 saturated carbocycles. The molecule has 1 aliphatic heterocycles. The zero-order chi connectivity index (χ0) is 14.4. The van der Waals surface area contributed by atoms with Crippen molar-refractivity contribution in [2.75, 3.05) is 17.2 Å². The molecule has 104 valence electrons. The molecule has 0 atom stereocenters. The Morgan fingerprint density at radius 1 is 1.35 bits per heavy atom. The molecule has 5 heteroatoms. The number of nitrogen functional groups attached to an aromatic ring is 1. The van der Waals surface area contributed by atoms with Gasteiger partial charge in [-0.05, 0) is 37.5 Å². The fraction of sp³-hybridized carbons (Fsp3) is 0.333. The predicted octanol–water partition coefficient (Wildman–Crippen LogP) is 2.38. The highest BCUT2D eigenvalue weighted by Crippen LogP contribution is 2.33. The maximum absolute atomic E-state index is 12.6. The van der Waals surface area contributed by atoms with Gasteiger partial charge in [-0.2, -0.15) is 0 Å². The van der Waals surface area contributed by atoms with E-state index in [9.17, 15) is 4.79 Å². The molecule has 5 nitrogen and oxygen atoms in total. The fourth-order valence-corrected chi connectivity index (χ4v) is 2.64. The van der Waals surface area contributed by atoms with Gasteiger partial charge in [-0.1, -0.05) is 6.07 Å². The molecule has 2 aromatic rings. The number of nitrogens with two attached hydrogens (primary N) is 1. The molecule has 0 fully saturated rings. The standard InChI is InChI=1S/C15H17N3O2/c1-8-6-11-4-5-18(13(11)7-12(8)16)15(19)14-9(2)17-10(3)20-14/h6-7H,4-5,16H2,1-3H3. The molecule has 1 amide bonds. The van der Waals surface area contributed by atoms with E-state index in [1.54, 1.807) is 18.7 Å². The summed E-state index contributed by atoms with van der Waals surface area (Å²) in [6.07, 6.45) is 0.842. The number of nitrogens with zero attached hydrogens (tertiary/aromatic N) is 2. The van der Waals surface area contributed by atoms with E-state index in [1.807, 2.05) is 13.0 Å². The Morgan fingerprint density at radius 2 is 2.10 bits per heavy atom. The Kier molecular flexibility index (Phi) is 2.78. The highest BCUT2D eigenvalue weighted by atomic mass is 16.4. The molecule has 0 bridgehead atoms. The van der Waals surface area contributed by atoms with E-state index in [-0.39, 0.29) is 5.91 Å².